The molecule has 0 unspecified atom stereocenters. The number of carboxylic acid groups (broad SMARTS) is 1. The van der Waals surface area contributed by atoms with E-state index in [1.54, 1.807) is 4.90 Å². The number of amides is 1. The molecule has 1 N–H and O–H groups in total. The summed E-state index contributed by atoms with van der Waals surface area (Å²) in [6.07, 6.45) is 11.6. The maximum absolute atomic E-state index is 12.2. The van der Waals surface area contributed by atoms with Crippen LogP contribution in [0.2, 0.25) is 0 Å². The molecule has 1 aliphatic rings. The fraction of sp³-hybridized carbons (Fsp3) is 0.875. The van der Waals surface area contributed by atoms with Crippen LogP contribution in [-0.2, 0) is 9.59 Å². The standard InChI is InChI=1S/C16H29NO3/c1-2-3-4-5-6-7-12-15(18)17(13-16(19)20)14-10-8-9-11-14/h14H,2-13H2,1H3,(H,19,20). The van der Waals surface area contributed by atoms with Crippen molar-refractivity contribution in [1.29, 1.82) is 0 Å². The normalized spacial score (nSPS) is 15.4. The summed E-state index contributed by atoms with van der Waals surface area (Å²) in [4.78, 5) is 24.8. The quantitative estimate of drug-likeness (QED) is 0.623. The lowest BCUT2D eigenvalue weighted by molar-refractivity contribution is -0.146. The third-order valence-corrected chi connectivity index (χ3v) is 4.14. The first-order chi connectivity index (χ1) is 9.65. The first-order valence-electron chi connectivity index (χ1n) is 8.16. The van der Waals surface area contributed by atoms with Crippen LogP contribution in [0, 0.1) is 0 Å². The van der Waals surface area contributed by atoms with E-state index in [2.05, 4.69) is 6.92 Å². The summed E-state index contributed by atoms with van der Waals surface area (Å²) in [5, 5.41) is 8.97. The van der Waals surface area contributed by atoms with Gasteiger partial charge in [0, 0.05) is 12.5 Å². The van der Waals surface area contributed by atoms with Crippen molar-refractivity contribution in [3.8, 4) is 0 Å². The SMILES string of the molecule is CCCCCCCCC(=O)N(CC(=O)O)C1CCCC1. The molecule has 0 aromatic rings. The molecule has 20 heavy (non-hydrogen) atoms. The minimum atomic E-state index is -0.895. The van der Waals surface area contributed by atoms with Crippen molar-refractivity contribution in [1.82, 2.24) is 4.90 Å². The molecule has 1 fully saturated rings. The van der Waals surface area contributed by atoms with Crippen LogP contribution in [0.15, 0.2) is 0 Å². The molecule has 0 atom stereocenters. The summed E-state index contributed by atoms with van der Waals surface area (Å²) < 4.78 is 0. The van der Waals surface area contributed by atoms with Gasteiger partial charge in [-0.25, -0.2) is 0 Å². The number of aliphatic carboxylic acids is 1. The van der Waals surface area contributed by atoms with Crippen molar-refractivity contribution in [2.45, 2.75) is 83.6 Å². The van der Waals surface area contributed by atoms with Crippen LogP contribution in [-0.4, -0.2) is 34.5 Å². The van der Waals surface area contributed by atoms with Crippen molar-refractivity contribution in [3.63, 3.8) is 0 Å². The monoisotopic (exact) mass is 283 g/mol. The van der Waals surface area contributed by atoms with Crippen LogP contribution in [0.4, 0.5) is 0 Å². The molecular formula is C16H29NO3. The predicted octanol–water partition coefficient (Wildman–Crippen LogP) is 3.59. The zero-order chi connectivity index (χ0) is 14.8. The molecule has 0 spiro atoms. The Hall–Kier alpha value is -1.06. The summed E-state index contributed by atoms with van der Waals surface area (Å²) in [5.41, 5.74) is 0. The lowest BCUT2D eigenvalue weighted by Crippen LogP contribution is -2.42. The van der Waals surface area contributed by atoms with Gasteiger partial charge in [-0.05, 0) is 19.3 Å². The number of carbonyl (C=O) groups is 2. The molecule has 0 heterocycles. The Morgan fingerprint density at radius 1 is 1.05 bits per heavy atom. The lowest BCUT2D eigenvalue weighted by atomic mass is 10.1. The summed E-state index contributed by atoms with van der Waals surface area (Å²) in [5.74, 6) is -0.858. The Kier molecular flexibility index (Phi) is 8.31. The Balaban J connectivity index is 2.29. The molecule has 4 heteroatoms. The molecule has 0 aromatic heterocycles. The predicted molar refractivity (Wildman–Crippen MR) is 79.6 cm³/mol. The van der Waals surface area contributed by atoms with Gasteiger partial charge < -0.3 is 10.0 Å². The Morgan fingerprint density at radius 2 is 1.65 bits per heavy atom. The van der Waals surface area contributed by atoms with Gasteiger partial charge in [0.05, 0.1) is 0 Å². The van der Waals surface area contributed by atoms with Gasteiger partial charge in [-0.15, -0.1) is 0 Å². The number of hydrogen-bond acceptors (Lipinski definition) is 2. The smallest absolute Gasteiger partial charge is 0.323 e. The summed E-state index contributed by atoms with van der Waals surface area (Å²) in [6.45, 7) is 2.06. The largest absolute Gasteiger partial charge is 0.480 e. The number of carbonyl (C=O) groups excluding carboxylic acids is 1. The highest BCUT2D eigenvalue weighted by atomic mass is 16.4. The minimum Gasteiger partial charge on any atom is -0.480 e. The molecule has 0 aromatic carbocycles. The van der Waals surface area contributed by atoms with Gasteiger partial charge >= 0.3 is 5.97 Å². The first kappa shape index (κ1) is 17.0. The van der Waals surface area contributed by atoms with E-state index in [-0.39, 0.29) is 18.5 Å². The van der Waals surface area contributed by atoms with Gasteiger partial charge in [0.1, 0.15) is 6.54 Å². The van der Waals surface area contributed by atoms with E-state index < -0.39 is 5.97 Å². The zero-order valence-corrected chi connectivity index (χ0v) is 12.8. The van der Waals surface area contributed by atoms with Gasteiger partial charge in [-0.2, -0.15) is 0 Å². The van der Waals surface area contributed by atoms with Crippen LogP contribution >= 0.6 is 0 Å². The van der Waals surface area contributed by atoms with Crippen molar-refractivity contribution >= 4 is 11.9 Å². The second kappa shape index (κ2) is 9.78. The van der Waals surface area contributed by atoms with Gasteiger partial charge in [0.2, 0.25) is 5.91 Å². The average Bonchev–Trinajstić information content (AvgIpc) is 2.93. The fourth-order valence-corrected chi connectivity index (χ4v) is 2.98. The number of hydrogen-bond donors (Lipinski definition) is 1. The molecule has 0 aliphatic heterocycles. The highest BCUT2D eigenvalue weighted by Gasteiger charge is 2.27. The van der Waals surface area contributed by atoms with Gasteiger partial charge in [-0.1, -0.05) is 51.9 Å². The molecule has 1 saturated carbocycles. The highest BCUT2D eigenvalue weighted by Crippen LogP contribution is 2.24. The third-order valence-electron chi connectivity index (χ3n) is 4.14. The Labute approximate surface area is 122 Å². The fourth-order valence-electron chi connectivity index (χ4n) is 2.98. The summed E-state index contributed by atoms with van der Waals surface area (Å²) in [7, 11) is 0. The van der Waals surface area contributed by atoms with Crippen LogP contribution in [0.3, 0.4) is 0 Å². The van der Waals surface area contributed by atoms with Crippen molar-refractivity contribution in [2.75, 3.05) is 6.54 Å². The molecule has 1 amide bonds. The molecule has 0 saturated heterocycles. The molecule has 0 bridgehead atoms. The van der Waals surface area contributed by atoms with Gasteiger partial charge in [-0.3, -0.25) is 9.59 Å². The van der Waals surface area contributed by atoms with E-state index in [1.165, 1.54) is 25.7 Å². The second-order valence-electron chi connectivity index (χ2n) is 5.87. The molecular weight excluding hydrogens is 254 g/mol. The number of carboxylic acids is 1. The molecule has 4 nitrogen and oxygen atoms in total. The molecule has 1 rings (SSSR count). The summed E-state index contributed by atoms with van der Waals surface area (Å²) in [6, 6.07) is 0.165. The molecule has 0 radical (unpaired) electrons. The first-order valence-corrected chi connectivity index (χ1v) is 8.16. The molecule has 1 aliphatic carbocycles. The van der Waals surface area contributed by atoms with Crippen molar-refractivity contribution in [3.05, 3.63) is 0 Å². The molecule has 116 valence electrons. The van der Waals surface area contributed by atoms with Crippen LogP contribution < -0.4 is 0 Å². The van der Waals surface area contributed by atoms with Crippen LogP contribution in [0.5, 0.6) is 0 Å². The topological polar surface area (TPSA) is 57.6 Å². The number of nitrogens with zero attached hydrogens (tertiary/aromatic N) is 1. The minimum absolute atomic E-state index is 0.0368. The van der Waals surface area contributed by atoms with E-state index in [0.29, 0.717) is 6.42 Å². The number of rotatable bonds is 10. The van der Waals surface area contributed by atoms with Gasteiger partial charge in [0.25, 0.3) is 0 Å². The highest BCUT2D eigenvalue weighted by molar-refractivity contribution is 5.81. The van der Waals surface area contributed by atoms with Gasteiger partial charge in [0.15, 0.2) is 0 Å². The van der Waals surface area contributed by atoms with E-state index in [4.69, 9.17) is 5.11 Å². The van der Waals surface area contributed by atoms with Crippen LogP contribution in [0.25, 0.3) is 0 Å². The van der Waals surface area contributed by atoms with Crippen LogP contribution in [0.1, 0.15) is 77.6 Å². The van der Waals surface area contributed by atoms with E-state index in [9.17, 15) is 9.59 Å². The maximum Gasteiger partial charge on any atom is 0.323 e. The Bertz CT molecular complexity index is 298. The Morgan fingerprint density at radius 3 is 2.25 bits per heavy atom. The second-order valence-corrected chi connectivity index (χ2v) is 5.87. The lowest BCUT2D eigenvalue weighted by Gasteiger charge is -2.27. The number of unbranched alkanes of at least 4 members (excludes halogenated alkanes) is 5. The van der Waals surface area contributed by atoms with Crippen molar-refractivity contribution in [2.24, 2.45) is 0 Å². The zero-order valence-electron chi connectivity index (χ0n) is 12.8. The maximum atomic E-state index is 12.2. The van der Waals surface area contributed by atoms with Crippen molar-refractivity contribution < 1.29 is 14.7 Å². The average molecular weight is 283 g/mol. The third kappa shape index (κ3) is 6.40. The van der Waals surface area contributed by atoms with E-state index >= 15 is 0 Å². The van der Waals surface area contributed by atoms with E-state index in [0.717, 1.165) is 38.5 Å². The van der Waals surface area contributed by atoms with E-state index in [1.807, 2.05) is 0 Å². The summed E-state index contributed by atoms with van der Waals surface area (Å²) >= 11 is 0.